The highest BCUT2D eigenvalue weighted by atomic mass is 16.6. The Kier molecular flexibility index (Phi) is 6.82. The van der Waals surface area contributed by atoms with Crippen molar-refractivity contribution in [1.29, 1.82) is 0 Å². The van der Waals surface area contributed by atoms with Gasteiger partial charge in [-0.2, -0.15) is 0 Å². The molecule has 30 heavy (non-hydrogen) atoms. The number of ketones is 1. The summed E-state index contributed by atoms with van der Waals surface area (Å²) in [6.45, 7) is 12.4. The molecule has 0 radical (unpaired) electrons. The second-order valence-corrected chi connectivity index (χ2v) is 9.34. The Hall–Kier alpha value is -2.21. The summed E-state index contributed by atoms with van der Waals surface area (Å²) in [5.41, 5.74) is -1.02. The van der Waals surface area contributed by atoms with Crippen LogP contribution in [0.4, 0.5) is 0 Å². The van der Waals surface area contributed by atoms with Crippen LogP contribution in [0.25, 0.3) is 0 Å². The first kappa shape index (κ1) is 24.1. The molecule has 2 fully saturated rings. The van der Waals surface area contributed by atoms with Crippen molar-refractivity contribution in [3.63, 3.8) is 0 Å². The Morgan fingerprint density at radius 3 is 2.23 bits per heavy atom. The summed E-state index contributed by atoms with van der Waals surface area (Å²) in [6.07, 6.45) is 8.50. The molecule has 8 atom stereocenters. The van der Waals surface area contributed by atoms with E-state index in [2.05, 4.69) is 0 Å². The number of Topliss-reactive ketones (excluding diaryl/α,β-unsaturated/α-hetero) is 1. The molecule has 6 nitrogen and oxygen atoms in total. The number of carbonyl (C=O) groups is 3. The van der Waals surface area contributed by atoms with Gasteiger partial charge in [0.05, 0.1) is 11.8 Å². The number of rotatable bonds is 6. The lowest BCUT2D eigenvalue weighted by molar-refractivity contribution is -0.153. The molecular formula is C24H34O6. The van der Waals surface area contributed by atoms with Crippen LogP contribution in [-0.4, -0.2) is 39.6 Å². The number of carboxylic acids is 1. The van der Waals surface area contributed by atoms with E-state index in [4.69, 9.17) is 4.74 Å². The van der Waals surface area contributed by atoms with Crippen LogP contribution < -0.4 is 0 Å². The highest BCUT2D eigenvalue weighted by Gasteiger charge is 2.54. The summed E-state index contributed by atoms with van der Waals surface area (Å²) in [5.74, 6) is -3.20. The fourth-order valence-electron chi connectivity index (χ4n) is 4.93. The topological polar surface area (TPSA) is 101 Å². The van der Waals surface area contributed by atoms with Crippen molar-refractivity contribution in [2.75, 3.05) is 0 Å². The molecule has 0 aromatic carbocycles. The van der Waals surface area contributed by atoms with Crippen molar-refractivity contribution in [2.45, 2.75) is 60.2 Å². The smallest absolute Gasteiger partial charge is 0.310 e. The van der Waals surface area contributed by atoms with Gasteiger partial charge in [-0.05, 0) is 32.6 Å². The Balaban J connectivity index is 2.16. The van der Waals surface area contributed by atoms with Gasteiger partial charge in [-0.25, -0.2) is 0 Å². The van der Waals surface area contributed by atoms with Crippen molar-refractivity contribution >= 4 is 17.7 Å². The third-order valence-electron chi connectivity index (χ3n) is 7.43. The molecule has 0 amide bonds. The zero-order chi connectivity index (χ0) is 23.0. The minimum absolute atomic E-state index is 0.0275. The lowest BCUT2D eigenvalue weighted by Gasteiger charge is -2.30. The average Bonchev–Trinajstić information content (AvgIpc) is 2.98. The van der Waals surface area contributed by atoms with Gasteiger partial charge in [0, 0.05) is 11.3 Å². The monoisotopic (exact) mass is 418 g/mol. The average molecular weight is 419 g/mol. The fourth-order valence-corrected chi connectivity index (χ4v) is 4.93. The molecule has 0 bridgehead atoms. The molecule has 1 saturated carbocycles. The third kappa shape index (κ3) is 4.02. The Labute approximate surface area is 178 Å². The van der Waals surface area contributed by atoms with E-state index in [0.717, 1.165) is 5.57 Å². The van der Waals surface area contributed by atoms with Gasteiger partial charge in [0.15, 0.2) is 5.78 Å². The standard InChI is InChI=1S/C24H34O6/c1-13(18-14(2)19(25)24(7,29)16(18)4)11-9-8-10-12-23(6)17(5)22(28)30-20(23)15(3)21(26)27/h8-12,14-18,20,29H,1-7H3,(H,26,27). The molecule has 1 aliphatic heterocycles. The molecule has 1 heterocycles. The number of hydrogen-bond donors (Lipinski definition) is 2. The summed E-state index contributed by atoms with van der Waals surface area (Å²) >= 11 is 0. The van der Waals surface area contributed by atoms with E-state index in [1.165, 1.54) is 0 Å². The lowest BCUT2D eigenvalue weighted by Crippen LogP contribution is -2.38. The maximum atomic E-state index is 12.3. The molecule has 2 N–H and O–H groups in total. The molecule has 0 aromatic rings. The summed E-state index contributed by atoms with van der Waals surface area (Å²) in [7, 11) is 0. The normalized spacial score (nSPS) is 41.1. The highest BCUT2D eigenvalue weighted by molar-refractivity contribution is 5.92. The van der Waals surface area contributed by atoms with Crippen LogP contribution >= 0.6 is 0 Å². The van der Waals surface area contributed by atoms with Crippen LogP contribution in [0.15, 0.2) is 36.0 Å². The van der Waals surface area contributed by atoms with Crippen molar-refractivity contribution < 1.29 is 29.3 Å². The molecule has 1 aliphatic carbocycles. The van der Waals surface area contributed by atoms with Crippen LogP contribution in [-0.2, 0) is 19.1 Å². The van der Waals surface area contributed by atoms with Crippen molar-refractivity contribution in [2.24, 2.45) is 35.0 Å². The molecule has 6 heteroatoms. The fraction of sp³-hybridized carbons (Fsp3) is 0.625. The first-order valence-electron chi connectivity index (χ1n) is 10.5. The first-order valence-corrected chi connectivity index (χ1v) is 10.5. The van der Waals surface area contributed by atoms with Crippen LogP contribution in [0.1, 0.15) is 48.5 Å². The summed E-state index contributed by atoms with van der Waals surface area (Å²) in [5, 5.41) is 19.8. The number of carbonyl (C=O) groups excluding carboxylic acids is 2. The number of cyclic esters (lactones) is 1. The largest absolute Gasteiger partial charge is 0.481 e. The van der Waals surface area contributed by atoms with Gasteiger partial charge in [-0.3, -0.25) is 14.4 Å². The van der Waals surface area contributed by atoms with Crippen LogP contribution in [0, 0.1) is 35.0 Å². The minimum atomic E-state index is -1.31. The summed E-state index contributed by atoms with van der Waals surface area (Å²) < 4.78 is 5.37. The zero-order valence-corrected chi connectivity index (χ0v) is 18.9. The molecule has 2 rings (SSSR count). The Morgan fingerprint density at radius 1 is 1.13 bits per heavy atom. The lowest BCUT2D eigenvalue weighted by atomic mass is 9.72. The number of hydrogen-bond acceptors (Lipinski definition) is 5. The number of ether oxygens (including phenoxy) is 1. The van der Waals surface area contributed by atoms with Gasteiger partial charge in [-0.1, -0.05) is 63.6 Å². The van der Waals surface area contributed by atoms with Crippen molar-refractivity contribution in [1.82, 2.24) is 0 Å². The molecule has 0 aromatic heterocycles. The minimum Gasteiger partial charge on any atom is -0.481 e. The van der Waals surface area contributed by atoms with Gasteiger partial charge in [0.25, 0.3) is 0 Å². The van der Waals surface area contributed by atoms with E-state index in [1.807, 2.05) is 52.0 Å². The number of carboxylic acid groups (broad SMARTS) is 1. The van der Waals surface area contributed by atoms with E-state index in [9.17, 15) is 24.6 Å². The third-order valence-corrected chi connectivity index (χ3v) is 7.43. The van der Waals surface area contributed by atoms with Gasteiger partial charge in [-0.15, -0.1) is 0 Å². The van der Waals surface area contributed by atoms with E-state index >= 15 is 0 Å². The quantitative estimate of drug-likeness (QED) is 0.505. The van der Waals surface area contributed by atoms with Crippen LogP contribution in [0.5, 0.6) is 0 Å². The van der Waals surface area contributed by atoms with Gasteiger partial charge < -0.3 is 14.9 Å². The number of allylic oxidation sites excluding steroid dienone is 5. The van der Waals surface area contributed by atoms with Crippen LogP contribution in [0.2, 0.25) is 0 Å². The number of aliphatic hydroxyl groups is 1. The summed E-state index contributed by atoms with van der Waals surface area (Å²) in [6, 6.07) is 0. The van der Waals surface area contributed by atoms with E-state index in [0.29, 0.717) is 0 Å². The molecule has 8 unspecified atom stereocenters. The van der Waals surface area contributed by atoms with Gasteiger partial charge in [0.2, 0.25) is 0 Å². The molecule has 1 saturated heterocycles. The Morgan fingerprint density at radius 2 is 1.73 bits per heavy atom. The van der Waals surface area contributed by atoms with Crippen molar-refractivity contribution in [3.05, 3.63) is 36.0 Å². The van der Waals surface area contributed by atoms with E-state index in [1.54, 1.807) is 26.8 Å². The van der Waals surface area contributed by atoms with Crippen LogP contribution in [0.3, 0.4) is 0 Å². The molecule has 2 aliphatic rings. The summed E-state index contributed by atoms with van der Waals surface area (Å²) in [4.78, 5) is 35.8. The molecular weight excluding hydrogens is 384 g/mol. The predicted octanol–water partition coefficient (Wildman–Crippen LogP) is 3.56. The van der Waals surface area contributed by atoms with E-state index in [-0.39, 0.29) is 29.5 Å². The second-order valence-electron chi connectivity index (χ2n) is 9.34. The SMILES string of the molecule is CC(=CC=CC=CC1(C)C(C)C(=O)OC1C(C)C(=O)O)C1C(C)C(=O)C(C)(O)C1C. The maximum absolute atomic E-state index is 12.3. The second kappa shape index (κ2) is 8.50. The molecule has 0 spiro atoms. The molecule has 166 valence electrons. The highest BCUT2D eigenvalue weighted by Crippen LogP contribution is 2.46. The van der Waals surface area contributed by atoms with Gasteiger partial charge in [0.1, 0.15) is 11.7 Å². The zero-order valence-electron chi connectivity index (χ0n) is 18.9. The number of aliphatic carboxylic acids is 1. The first-order chi connectivity index (χ1) is 13.8. The predicted molar refractivity (Wildman–Crippen MR) is 113 cm³/mol. The maximum Gasteiger partial charge on any atom is 0.310 e. The van der Waals surface area contributed by atoms with Gasteiger partial charge >= 0.3 is 11.9 Å². The number of esters is 1. The Bertz CT molecular complexity index is 805. The van der Waals surface area contributed by atoms with Crippen molar-refractivity contribution in [3.8, 4) is 0 Å². The van der Waals surface area contributed by atoms with E-state index < -0.39 is 34.9 Å².